The summed E-state index contributed by atoms with van der Waals surface area (Å²) in [6.07, 6.45) is 2.75. The number of thiol groups is 1. The van der Waals surface area contributed by atoms with Gasteiger partial charge in [-0.3, -0.25) is 0 Å². The maximum atomic E-state index is 5.92. The zero-order valence-electron chi connectivity index (χ0n) is 10.3. The number of hydrogen-bond acceptors (Lipinski definition) is 3. The van der Waals surface area contributed by atoms with Crippen molar-refractivity contribution in [3.05, 3.63) is 0 Å². The second-order valence-corrected chi connectivity index (χ2v) is 11.2. The van der Waals surface area contributed by atoms with Crippen LogP contribution in [-0.4, -0.2) is 12.2 Å². The van der Waals surface area contributed by atoms with Crippen molar-refractivity contribution >= 4 is 29.7 Å². The molecule has 5 unspecified atom stereocenters. The van der Waals surface area contributed by atoms with E-state index in [1.165, 1.54) is 6.42 Å². The van der Waals surface area contributed by atoms with Crippen molar-refractivity contribution in [2.24, 2.45) is 17.3 Å². The fourth-order valence-electron chi connectivity index (χ4n) is 3.68. The molecule has 0 amide bonds. The molecule has 0 aromatic rings. The monoisotopic (exact) mass is 280 g/mol. The molecular weight excluding hydrogens is 259 g/mol. The summed E-state index contributed by atoms with van der Waals surface area (Å²) in [6.45, 7) is 9.05. The van der Waals surface area contributed by atoms with Gasteiger partial charge in [-0.05, 0) is 42.9 Å². The largest absolute Gasteiger partial charge is 0.318 e. The Morgan fingerprint density at radius 3 is 2.56 bits per heavy atom. The zero-order valence-corrected chi connectivity index (χ0v) is 12.9. The Kier molecular flexibility index (Phi) is 3.54. The van der Waals surface area contributed by atoms with Gasteiger partial charge < -0.3 is 9.05 Å². The molecule has 1 heterocycles. The van der Waals surface area contributed by atoms with Gasteiger partial charge in [-0.15, -0.1) is 0 Å². The first-order valence-electron chi connectivity index (χ1n) is 5.91. The molecule has 0 bridgehead atoms. The van der Waals surface area contributed by atoms with E-state index in [-0.39, 0.29) is 17.6 Å². The summed E-state index contributed by atoms with van der Waals surface area (Å²) in [4.78, 5) is 0. The maximum Gasteiger partial charge on any atom is 0.244 e. The van der Waals surface area contributed by atoms with Crippen molar-refractivity contribution < 1.29 is 9.05 Å². The number of hydrogen-bond donors (Lipinski definition) is 1. The van der Waals surface area contributed by atoms with Crippen LogP contribution < -0.4 is 0 Å². The summed E-state index contributed by atoms with van der Waals surface area (Å²) in [5.41, 5.74) is -2.02. The lowest BCUT2D eigenvalue weighted by Gasteiger charge is -2.52. The lowest BCUT2D eigenvalue weighted by Crippen LogP contribution is -2.50. The fraction of sp³-hybridized carbons (Fsp3) is 1.00. The van der Waals surface area contributed by atoms with E-state index in [4.69, 9.17) is 20.9 Å². The van der Waals surface area contributed by atoms with Gasteiger partial charge in [-0.1, -0.05) is 33.0 Å². The van der Waals surface area contributed by atoms with Crippen LogP contribution in [0.15, 0.2) is 0 Å². The Morgan fingerprint density at radius 2 is 1.94 bits per heavy atom. The molecule has 1 aliphatic heterocycles. The molecule has 0 aromatic heterocycles. The van der Waals surface area contributed by atoms with Gasteiger partial charge in [0.25, 0.3) is 0 Å². The smallest absolute Gasteiger partial charge is 0.244 e. The normalized spacial score (nSPS) is 52.1. The highest BCUT2D eigenvalue weighted by molar-refractivity contribution is 8.60. The van der Waals surface area contributed by atoms with Crippen molar-refractivity contribution in [2.45, 2.75) is 52.7 Å². The summed E-state index contributed by atoms with van der Waals surface area (Å²) in [5.74, 6) is 1.15. The molecule has 2 nitrogen and oxygen atoms in total. The summed E-state index contributed by atoms with van der Waals surface area (Å²) in [5, 5.41) is 0. The molecule has 0 radical (unpaired) electrons. The zero-order chi connectivity index (χ0) is 12.1. The molecule has 0 aromatic carbocycles. The minimum absolute atomic E-state index is 0.171. The molecule has 1 saturated carbocycles. The Balaban J connectivity index is 2.27. The molecule has 2 rings (SSSR count). The number of fused-ring (bicyclic) bond motifs is 1. The van der Waals surface area contributed by atoms with Gasteiger partial charge in [-0.2, -0.15) is 0 Å². The SMILES string of the molecule is CC1CC2OP(=S)(S)OC(C)C2C(C)(C)C1. The van der Waals surface area contributed by atoms with E-state index >= 15 is 0 Å². The van der Waals surface area contributed by atoms with Crippen LogP contribution in [0.5, 0.6) is 0 Å². The van der Waals surface area contributed by atoms with Gasteiger partial charge in [-0.25, -0.2) is 0 Å². The molecular formula is C11H21O2PS2. The third kappa shape index (κ3) is 2.51. The topological polar surface area (TPSA) is 18.5 Å². The fourth-order valence-corrected chi connectivity index (χ4v) is 6.39. The first kappa shape index (κ1) is 13.4. The highest BCUT2D eigenvalue weighted by atomic mass is 32.9. The minimum Gasteiger partial charge on any atom is -0.318 e. The maximum absolute atomic E-state index is 5.92. The second kappa shape index (κ2) is 4.24. The summed E-state index contributed by atoms with van der Waals surface area (Å²) in [6, 6.07) is 0. The lowest BCUT2D eigenvalue weighted by atomic mass is 9.62. The van der Waals surface area contributed by atoms with Crippen LogP contribution in [0.25, 0.3) is 0 Å². The van der Waals surface area contributed by atoms with Crippen LogP contribution in [0, 0.1) is 17.3 Å². The molecule has 1 aliphatic carbocycles. The van der Waals surface area contributed by atoms with Gasteiger partial charge in [0.1, 0.15) is 0 Å². The Labute approximate surface area is 109 Å². The van der Waals surface area contributed by atoms with Gasteiger partial charge in [0.05, 0.1) is 12.2 Å². The Morgan fingerprint density at radius 1 is 1.31 bits per heavy atom. The van der Waals surface area contributed by atoms with Crippen LogP contribution in [0.2, 0.25) is 0 Å². The molecule has 2 aliphatic rings. The van der Waals surface area contributed by atoms with Crippen LogP contribution in [0.4, 0.5) is 0 Å². The van der Waals surface area contributed by atoms with Crippen LogP contribution >= 0.6 is 17.9 Å². The Bertz CT molecular complexity index is 332. The van der Waals surface area contributed by atoms with Crippen LogP contribution in [0.1, 0.15) is 40.5 Å². The standard InChI is InChI=1S/C11H21O2PS2/c1-7-5-9-10(11(3,4)6-7)8(2)12-14(15,16)13-9/h7-10H,5-6H2,1-4H3,(H,15,16). The van der Waals surface area contributed by atoms with E-state index in [1.807, 2.05) is 0 Å². The van der Waals surface area contributed by atoms with E-state index in [1.54, 1.807) is 0 Å². The molecule has 5 atom stereocenters. The molecule has 0 N–H and O–H groups in total. The molecule has 1 saturated heterocycles. The molecule has 0 spiro atoms. The predicted octanol–water partition coefficient (Wildman–Crippen LogP) is 4.02. The van der Waals surface area contributed by atoms with E-state index in [0.29, 0.717) is 11.8 Å². The third-order valence-electron chi connectivity index (χ3n) is 3.89. The average Bonchev–Trinajstić information content (AvgIpc) is 1.94. The van der Waals surface area contributed by atoms with Gasteiger partial charge in [0, 0.05) is 5.92 Å². The molecule has 16 heavy (non-hydrogen) atoms. The van der Waals surface area contributed by atoms with Crippen LogP contribution in [-0.2, 0) is 20.9 Å². The summed E-state index contributed by atoms with van der Waals surface area (Å²) >= 11 is 9.65. The summed E-state index contributed by atoms with van der Waals surface area (Å²) < 4.78 is 11.7. The predicted molar refractivity (Wildman–Crippen MR) is 74.4 cm³/mol. The van der Waals surface area contributed by atoms with Crippen molar-refractivity contribution in [3.8, 4) is 0 Å². The first-order valence-corrected chi connectivity index (χ1v) is 9.70. The van der Waals surface area contributed by atoms with Gasteiger partial charge in [0.2, 0.25) is 5.69 Å². The van der Waals surface area contributed by atoms with E-state index in [2.05, 4.69) is 39.9 Å². The highest BCUT2D eigenvalue weighted by Gasteiger charge is 2.50. The first-order chi connectivity index (χ1) is 7.21. The molecule has 94 valence electrons. The molecule has 5 heteroatoms. The highest BCUT2D eigenvalue weighted by Crippen LogP contribution is 2.64. The average molecular weight is 280 g/mol. The molecule has 2 fully saturated rings. The van der Waals surface area contributed by atoms with Crippen molar-refractivity contribution in [3.63, 3.8) is 0 Å². The van der Waals surface area contributed by atoms with E-state index in [0.717, 1.165) is 6.42 Å². The van der Waals surface area contributed by atoms with Gasteiger partial charge in [0.15, 0.2) is 0 Å². The Hall–Kier alpha value is 0.920. The quantitative estimate of drug-likeness (QED) is 0.534. The van der Waals surface area contributed by atoms with Crippen molar-refractivity contribution in [1.29, 1.82) is 0 Å². The lowest BCUT2D eigenvalue weighted by molar-refractivity contribution is -0.0941. The van der Waals surface area contributed by atoms with Crippen molar-refractivity contribution in [1.82, 2.24) is 0 Å². The van der Waals surface area contributed by atoms with E-state index in [9.17, 15) is 0 Å². The van der Waals surface area contributed by atoms with Crippen LogP contribution in [0.3, 0.4) is 0 Å². The second-order valence-electron chi connectivity index (χ2n) is 5.98. The minimum atomic E-state index is -2.29. The summed E-state index contributed by atoms with van der Waals surface area (Å²) in [7, 11) is 0. The third-order valence-corrected chi connectivity index (χ3v) is 6.10. The van der Waals surface area contributed by atoms with Crippen molar-refractivity contribution in [2.75, 3.05) is 0 Å². The van der Waals surface area contributed by atoms with Gasteiger partial charge >= 0.3 is 0 Å². The van der Waals surface area contributed by atoms with E-state index < -0.39 is 5.69 Å². The number of rotatable bonds is 0.